The van der Waals surface area contributed by atoms with E-state index in [4.69, 9.17) is 4.74 Å². The highest BCUT2D eigenvalue weighted by molar-refractivity contribution is 5.93. The van der Waals surface area contributed by atoms with E-state index in [9.17, 15) is 9.59 Å². The molecule has 1 N–H and O–H groups in total. The number of rotatable bonds is 2. The summed E-state index contributed by atoms with van der Waals surface area (Å²) in [6.07, 6.45) is 2.11. The van der Waals surface area contributed by atoms with E-state index in [1.807, 2.05) is 4.90 Å². The molecule has 18 heavy (non-hydrogen) atoms. The Bertz CT molecular complexity index is 360. The molecule has 3 aliphatic carbocycles. The second-order valence-corrected chi connectivity index (χ2v) is 5.62. The van der Waals surface area contributed by atoms with E-state index in [2.05, 4.69) is 5.32 Å². The predicted octanol–water partition coefficient (Wildman–Crippen LogP) is 0.183. The molecule has 0 spiro atoms. The fourth-order valence-corrected chi connectivity index (χ4v) is 3.65. The number of hydrogen-bond donors (Lipinski definition) is 1. The molecule has 1 aliphatic heterocycles. The maximum absolute atomic E-state index is 12.3. The van der Waals surface area contributed by atoms with E-state index in [1.165, 1.54) is 7.11 Å². The lowest BCUT2D eigenvalue weighted by Crippen LogP contribution is -2.71. The van der Waals surface area contributed by atoms with Crippen molar-refractivity contribution in [3.05, 3.63) is 0 Å². The number of piperazine rings is 1. The van der Waals surface area contributed by atoms with Gasteiger partial charge in [0.05, 0.1) is 17.9 Å². The van der Waals surface area contributed by atoms with E-state index >= 15 is 0 Å². The molecule has 0 aromatic rings. The van der Waals surface area contributed by atoms with Gasteiger partial charge < -0.3 is 15.0 Å². The molecule has 5 nitrogen and oxygen atoms in total. The van der Waals surface area contributed by atoms with Crippen LogP contribution in [0.2, 0.25) is 0 Å². The van der Waals surface area contributed by atoms with Gasteiger partial charge >= 0.3 is 5.97 Å². The van der Waals surface area contributed by atoms with Gasteiger partial charge in [-0.05, 0) is 19.3 Å². The van der Waals surface area contributed by atoms with Crippen molar-refractivity contribution < 1.29 is 14.3 Å². The SMILES string of the molecule is COC(=O)C12CC(C(=O)N3CCNCC3)(C1)C2.Cl. The molecule has 1 heterocycles. The highest BCUT2D eigenvalue weighted by Crippen LogP contribution is 2.74. The first-order valence-corrected chi connectivity index (χ1v) is 6.21. The summed E-state index contributed by atoms with van der Waals surface area (Å²) >= 11 is 0. The topological polar surface area (TPSA) is 58.6 Å². The molecule has 0 radical (unpaired) electrons. The maximum Gasteiger partial charge on any atom is 0.311 e. The number of nitrogens with one attached hydrogen (secondary N) is 1. The summed E-state index contributed by atoms with van der Waals surface area (Å²) < 4.78 is 4.79. The monoisotopic (exact) mass is 274 g/mol. The van der Waals surface area contributed by atoms with Crippen LogP contribution in [-0.4, -0.2) is 50.1 Å². The average molecular weight is 275 g/mol. The van der Waals surface area contributed by atoms with E-state index < -0.39 is 0 Å². The maximum atomic E-state index is 12.3. The second-order valence-electron chi connectivity index (χ2n) is 5.62. The lowest BCUT2D eigenvalue weighted by atomic mass is 9.34. The van der Waals surface area contributed by atoms with Crippen molar-refractivity contribution in [2.75, 3.05) is 33.3 Å². The zero-order valence-corrected chi connectivity index (χ0v) is 11.3. The number of esters is 1. The van der Waals surface area contributed by atoms with Crippen molar-refractivity contribution in [2.45, 2.75) is 19.3 Å². The Morgan fingerprint density at radius 3 is 2.17 bits per heavy atom. The highest BCUT2D eigenvalue weighted by Gasteiger charge is 2.76. The van der Waals surface area contributed by atoms with Gasteiger partial charge in [0, 0.05) is 26.2 Å². The van der Waals surface area contributed by atoms with Gasteiger partial charge in [-0.1, -0.05) is 0 Å². The first kappa shape index (κ1) is 13.6. The van der Waals surface area contributed by atoms with Crippen molar-refractivity contribution in [1.82, 2.24) is 10.2 Å². The second kappa shape index (κ2) is 4.38. The predicted molar refractivity (Wildman–Crippen MR) is 67.4 cm³/mol. The van der Waals surface area contributed by atoms with Gasteiger partial charge in [0.2, 0.25) is 5.91 Å². The Labute approximate surface area is 113 Å². The molecule has 6 heteroatoms. The molecule has 4 rings (SSSR count). The first-order chi connectivity index (χ1) is 8.12. The van der Waals surface area contributed by atoms with Crippen molar-refractivity contribution >= 4 is 24.3 Å². The molecule has 0 unspecified atom stereocenters. The molecule has 1 amide bonds. The molecule has 3 saturated carbocycles. The molecular formula is C12H19ClN2O3. The van der Waals surface area contributed by atoms with Gasteiger partial charge in [-0.25, -0.2) is 0 Å². The summed E-state index contributed by atoms with van der Waals surface area (Å²) in [7, 11) is 1.42. The van der Waals surface area contributed by atoms with Crippen LogP contribution in [-0.2, 0) is 14.3 Å². The third-order valence-electron chi connectivity index (χ3n) is 4.51. The molecule has 0 atom stereocenters. The van der Waals surface area contributed by atoms with Gasteiger partial charge in [-0.3, -0.25) is 9.59 Å². The first-order valence-electron chi connectivity index (χ1n) is 6.21. The molecule has 1 saturated heterocycles. The molecule has 4 fully saturated rings. The lowest BCUT2D eigenvalue weighted by Gasteiger charge is -2.67. The summed E-state index contributed by atoms with van der Waals surface area (Å²) in [5.41, 5.74) is -0.524. The average Bonchev–Trinajstić information content (AvgIpc) is 2.26. The lowest BCUT2D eigenvalue weighted by molar-refractivity contribution is -0.228. The van der Waals surface area contributed by atoms with Crippen LogP contribution in [0.4, 0.5) is 0 Å². The molecule has 102 valence electrons. The van der Waals surface area contributed by atoms with Gasteiger partial charge in [0.15, 0.2) is 0 Å². The Hall–Kier alpha value is -0.810. The number of methoxy groups -OCH3 is 1. The van der Waals surface area contributed by atoms with Crippen LogP contribution in [0.15, 0.2) is 0 Å². The van der Waals surface area contributed by atoms with Crippen LogP contribution < -0.4 is 5.32 Å². The number of amides is 1. The zero-order valence-electron chi connectivity index (χ0n) is 10.5. The van der Waals surface area contributed by atoms with Gasteiger partial charge in [-0.15, -0.1) is 12.4 Å². The van der Waals surface area contributed by atoms with Crippen LogP contribution in [0.3, 0.4) is 0 Å². The van der Waals surface area contributed by atoms with Crippen LogP contribution >= 0.6 is 12.4 Å². The normalized spacial score (nSPS) is 36.8. The Morgan fingerprint density at radius 2 is 1.67 bits per heavy atom. The van der Waals surface area contributed by atoms with Crippen LogP contribution in [0.5, 0.6) is 0 Å². The summed E-state index contributed by atoms with van der Waals surface area (Å²) in [6.45, 7) is 3.35. The summed E-state index contributed by atoms with van der Waals surface area (Å²) in [6, 6.07) is 0. The van der Waals surface area contributed by atoms with Gasteiger partial charge in [0.25, 0.3) is 0 Å². The van der Waals surface area contributed by atoms with Crippen LogP contribution in [0, 0.1) is 10.8 Å². The minimum atomic E-state index is -0.307. The van der Waals surface area contributed by atoms with Crippen LogP contribution in [0.1, 0.15) is 19.3 Å². The number of carbonyl (C=O) groups is 2. The van der Waals surface area contributed by atoms with Crippen molar-refractivity contribution in [2.24, 2.45) is 10.8 Å². The highest BCUT2D eigenvalue weighted by atomic mass is 35.5. The van der Waals surface area contributed by atoms with Gasteiger partial charge in [0.1, 0.15) is 0 Å². The minimum absolute atomic E-state index is 0. The standard InChI is InChI=1S/C12H18N2O3.ClH/c1-17-10(16)12-6-11(7-12,8-12)9(15)14-4-2-13-3-5-14;/h13H,2-8H2,1H3;1H. The minimum Gasteiger partial charge on any atom is -0.469 e. The largest absolute Gasteiger partial charge is 0.469 e. The molecular weight excluding hydrogens is 256 g/mol. The number of carbonyl (C=O) groups excluding carboxylic acids is 2. The number of nitrogens with zero attached hydrogens (tertiary/aromatic N) is 1. The quantitative estimate of drug-likeness (QED) is 0.730. The summed E-state index contributed by atoms with van der Waals surface area (Å²) in [4.78, 5) is 25.8. The van der Waals surface area contributed by atoms with Crippen molar-refractivity contribution in [3.8, 4) is 0 Å². The van der Waals surface area contributed by atoms with E-state index in [-0.39, 0.29) is 35.1 Å². The Morgan fingerprint density at radius 1 is 1.11 bits per heavy atom. The van der Waals surface area contributed by atoms with Crippen LogP contribution in [0.25, 0.3) is 0 Å². The van der Waals surface area contributed by atoms with Gasteiger partial charge in [-0.2, -0.15) is 0 Å². The molecule has 0 aromatic carbocycles. The fraction of sp³-hybridized carbons (Fsp3) is 0.833. The van der Waals surface area contributed by atoms with E-state index in [0.717, 1.165) is 26.2 Å². The smallest absolute Gasteiger partial charge is 0.311 e. The Balaban J connectivity index is 0.00000120. The molecule has 4 aliphatic rings. The molecule has 0 aromatic heterocycles. The van der Waals surface area contributed by atoms with Crippen molar-refractivity contribution in [1.29, 1.82) is 0 Å². The Kier molecular flexibility index (Phi) is 3.32. The van der Waals surface area contributed by atoms with Crippen molar-refractivity contribution in [3.63, 3.8) is 0 Å². The van der Waals surface area contributed by atoms with E-state index in [1.54, 1.807) is 0 Å². The summed E-state index contributed by atoms with van der Waals surface area (Å²) in [5.74, 6) is 0.122. The molecule has 2 bridgehead atoms. The third kappa shape index (κ3) is 1.64. The number of halogens is 1. The number of hydrogen-bond acceptors (Lipinski definition) is 4. The summed E-state index contributed by atoms with van der Waals surface area (Å²) in [5, 5.41) is 3.24. The third-order valence-corrected chi connectivity index (χ3v) is 4.51. The number of ether oxygens (including phenoxy) is 1. The zero-order chi connectivity index (χ0) is 12.1. The fourth-order valence-electron chi connectivity index (χ4n) is 3.65. The van der Waals surface area contributed by atoms with E-state index in [0.29, 0.717) is 19.3 Å².